The van der Waals surface area contributed by atoms with Crippen LogP contribution in [-0.2, 0) is 0 Å². The molecule has 3 heteroatoms. The summed E-state index contributed by atoms with van der Waals surface area (Å²) >= 11 is 2.25. The molecule has 0 aliphatic heterocycles. The molecule has 0 amide bonds. The molecule has 2 nitrogen and oxygen atoms in total. The number of hydrogen-bond acceptors (Lipinski definition) is 2. The largest absolute Gasteiger partial charge is 0.493 e. The molecule has 0 bridgehead atoms. The number of benzene rings is 1. The van der Waals surface area contributed by atoms with Crippen LogP contribution in [-0.4, -0.2) is 6.61 Å². The fourth-order valence-electron chi connectivity index (χ4n) is 1.39. The van der Waals surface area contributed by atoms with Crippen molar-refractivity contribution < 1.29 is 4.74 Å². The van der Waals surface area contributed by atoms with Gasteiger partial charge in [-0.15, -0.1) is 0 Å². The summed E-state index contributed by atoms with van der Waals surface area (Å²) in [6.07, 6.45) is 4.92. The van der Waals surface area contributed by atoms with Crippen LogP contribution in [0.5, 0.6) is 5.75 Å². The molecule has 0 radical (unpaired) electrons. The van der Waals surface area contributed by atoms with Crippen LogP contribution in [0, 0.1) is 3.57 Å². The zero-order valence-electron chi connectivity index (χ0n) is 9.13. The standard InChI is InChI=1S/C12H18INO/c1-2-3-4-5-6-15-12-8-10(13)7-11(14)9-12/h7-9H,2-6,14H2,1H3. The Labute approximate surface area is 105 Å². The third-order valence-electron chi connectivity index (χ3n) is 2.16. The maximum absolute atomic E-state index is 5.73. The van der Waals surface area contributed by atoms with Gasteiger partial charge in [-0.1, -0.05) is 26.2 Å². The monoisotopic (exact) mass is 319 g/mol. The van der Waals surface area contributed by atoms with Crippen LogP contribution in [0.3, 0.4) is 0 Å². The molecule has 1 aromatic carbocycles. The number of halogens is 1. The van der Waals surface area contributed by atoms with E-state index in [2.05, 4.69) is 29.5 Å². The topological polar surface area (TPSA) is 35.2 Å². The molecular formula is C12H18INO. The summed E-state index contributed by atoms with van der Waals surface area (Å²) in [6, 6.07) is 5.82. The van der Waals surface area contributed by atoms with Crippen LogP contribution in [0.15, 0.2) is 18.2 Å². The molecule has 84 valence electrons. The van der Waals surface area contributed by atoms with Crippen molar-refractivity contribution in [3.63, 3.8) is 0 Å². The van der Waals surface area contributed by atoms with Crippen LogP contribution >= 0.6 is 22.6 Å². The first-order valence-corrected chi connectivity index (χ1v) is 6.49. The van der Waals surface area contributed by atoms with E-state index in [9.17, 15) is 0 Å². The summed E-state index contributed by atoms with van der Waals surface area (Å²) in [6.45, 7) is 3.00. The van der Waals surface area contributed by atoms with E-state index >= 15 is 0 Å². The summed E-state index contributed by atoms with van der Waals surface area (Å²) in [5.74, 6) is 0.885. The van der Waals surface area contributed by atoms with Gasteiger partial charge in [0.15, 0.2) is 0 Å². The Bertz CT molecular complexity index is 281. The van der Waals surface area contributed by atoms with Gasteiger partial charge in [0.25, 0.3) is 0 Å². The van der Waals surface area contributed by atoms with Crippen molar-refractivity contribution in [3.05, 3.63) is 21.8 Å². The molecule has 0 fully saturated rings. The molecule has 0 unspecified atom stereocenters. The molecule has 0 saturated carbocycles. The molecule has 0 heterocycles. The van der Waals surface area contributed by atoms with Gasteiger partial charge in [-0.25, -0.2) is 0 Å². The van der Waals surface area contributed by atoms with Crippen LogP contribution in [0.25, 0.3) is 0 Å². The number of nitrogen functional groups attached to an aromatic ring is 1. The SMILES string of the molecule is CCCCCCOc1cc(N)cc(I)c1. The summed E-state index contributed by atoms with van der Waals surface area (Å²) < 4.78 is 6.75. The minimum absolute atomic E-state index is 0.769. The third kappa shape index (κ3) is 5.25. The Morgan fingerprint density at radius 3 is 2.67 bits per heavy atom. The number of rotatable bonds is 6. The van der Waals surface area contributed by atoms with Crippen molar-refractivity contribution in [1.29, 1.82) is 0 Å². The lowest BCUT2D eigenvalue weighted by molar-refractivity contribution is 0.305. The Morgan fingerprint density at radius 1 is 1.20 bits per heavy atom. The smallest absolute Gasteiger partial charge is 0.122 e. The minimum Gasteiger partial charge on any atom is -0.493 e. The first kappa shape index (κ1) is 12.6. The Kier molecular flexibility index (Phi) is 5.83. The second-order valence-electron chi connectivity index (χ2n) is 3.63. The number of hydrogen-bond donors (Lipinski definition) is 1. The van der Waals surface area contributed by atoms with E-state index < -0.39 is 0 Å². The van der Waals surface area contributed by atoms with Gasteiger partial charge in [0.05, 0.1) is 6.61 Å². The van der Waals surface area contributed by atoms with Crippen molar-refractivity contribution in [2.24, 2.45) is 0 Å². The van der Waals surface area contributed by atoms with E-state index in [1.165, 1.54) is 19.3 Å². The summed E-state index contributed by atoms with van der Waals surface area (Å²) in [4.78, 5) is 0. The van der Waals surface area contributed by atoms with Crippen LogP contribution < -0.4 is 10.5 Å². The predicted molar refractivity (Wildman–Crippen MR) is 73.2 cm³/mol. The summed E-state index contributed by atoms with van der Waals surface area (Å²) in [5, 5.41) is 0. The van der Waals surface area contributed by atoms with E-state index in [4.69, 9.17) is 10.5 Å². The molecule has 15 heavy (non-hydrogen) atoms. The van der Waals surface area contributed by atoms with E-state index in [0.717, 1.165) is 28.0 Å². The average molecular weight is 319 g/mol. The van der Waals surface area contributed by atoms with Crippen molar-refractivity contribution in [2.75, 3.05) is 12.3 Å². The summed E-state index contributed by atoms with van der Waals surface area (Å²) in [7, 11) is 0. The minimum atomic E-state index is 0.769. The lowest BCUT2D eigenvalue weighted by Gasteiger charge is -2.07. The highest BCUT2D eigenvalue weighted by atomic mass is 127. The van der Waals surface area contributed by atoms with Crippen molar-refractivity contribution >= 4 is 28.3 Å². The molecule has 1 aromatic rings. The van der Waals surface area contributed by atoms with Gasteiger partial charge in [0, 0.05) is 15.3 Å². The summed E-state index contributed by atoms with van der Waals surface area (Å²) in [5.41, 5.74) is 6.50. The van der Waals surface area contributed by atoms with Crippen LogP contribution in [0.4, 0.5) is 5.69 Å². The zero-order valence-corrected chi connectivity index (χ0v) is 11.3. The average Bonchev–Trinajstić information content (AvgIpc) is 2.16. The van der Waals surface area contributed by atoms with E-state index in [-0.39, 0.29) is 0 Å². The van der Waals surface area contributed by atoms with E-state index in [0.29, 0.717) is 0 Å². The fraction of sp³-hybridized carbons (Fsp3) is 0.500. The van der Waals surface area contributed by atoms with Crippen molar-refractivity contribution in [3.8, 4) is 5.75 Å². The van der Waals surface area contributed by atoms with E-state index in [1.54, 1.807) is 0 Å². The van der Waals surface area contributed by atoms with Gasteiger partial charge < -0.3 is 10.5 Å². The lowest BCUT2D eigenvalue weighted by Crippen LogP contribution is -1.98. The normalized spacial score (nSPS) is 10.3. The highest BCUT2D eigenvalue weighted by Gasteiger charge is 1.97. The molecule has 0 aliphatic rings. The van der Waals surface area contributed by atoms with Gasteiger partial charge >= 0.3 is 0 Å². The molecule has 0 spiro atoms. The van der Waals surface area contributed by atoms with Gasteiger partial charge in [-0.2, -0.15) is 0 Å². The molecule has 0 aromatic heterocycles. The Balaban J connectivity index is 2.31. The molecule has 0 atom stereocenters. The number of ether oxygens (including phenoxy) is 1. The number of anilines is 1. The van der Waals surface area contributed by atoms with Crippen molar-refractivity contribution in [1.82, 2.24) is 0 Å². The van der Waals surface area contributed by atoms with Gasteiger partial charge in [-0.05, 0) is 41.1 Å². The second-order valence-corrected chi connectivity index (χ2v) is 4.88. The lowest BCUT2D eigenvalue weighted by atomic mass is 10.2. The Hall–Kier alpha value is -0.450. The van der Waals surface area contributed by atoms with Gasteiger partial charge in [0.1, 0.15) is 5.75 Å². The second kappa shape index (κ2) is 6.93. The molecular weight excluding hydrogens is 301 g/mol. The van der Waals surface area contributed by atoms with Crippen LogP contribution in [0.1, 0.15) is 32.6 Å². The fourth-order valence-corrected chi connectivity index (χ4v) is 2.05. The highest BCUT2D eigenvalue weighted by molar-refractivity contribution is 14.1. The molecule has 2 N–H and O–H groups in total. The molecule has 0 aliphatic carbocycles. The maximum Gasteiger partial charge on any atom is 0.122 e. The third-order valence-corrected chi connectivity index (χ3v) is 2.78. The van der Waals surface area contributed by atoms with E-state index in [1.807, 2.05) is 18.2 Å². The number of unbranched alkanes of at least 4 members (excludes halogenated alkanes) is 3. The molecule has 0 saturated heterocycles. The van der Waals surface area contributed by atoms with Gasteiger partial charge in [0.2, 0.25) is 0 Å². The Morgan fingerprint density at radius 2 is 2.00 bits per heavy atom. The molecule has 1 rings (SSSR count). The van der Waals surface area contributed by atoms with Crippen molar-refractivity contribution in [2.45, 2.75) is 32.6 Å². The highest BCUT2D eigenvalue weighted by Crippen LogP contribution is 2.20. The first-order valence-electron chi connectivity index (χ1n) is 5.41. The maximum atomic E-state index is 5.73. The first-order chi connectivity index (χ1) is 7.22. The van der Waals surface area contributed by atoms with Gasteiger partial charge in [-0.3, -0.25) is 0 Å². The predicted octanol–water partition coefficient (Wildman–Crippen LogP) is 3.83. The quantitative estimate of drug-likeness (QED) is 0.491. The number of nitrogens with two attached hydrogens (primary N) is 1. The van der Waals surface area contributed by atoms with Crippen LogP contribution in [0.2, 0.25) is 0 Å². The zero-order chi connectivity index (χ0) is 11.1.